The fourth-order valence-electron chi connectivity index (χ4n) is 2.32. The van der Waals surface area contributed by atoms with Gasteiger partial charge in [-0.2, -0.15) is 4.57 Å². The molecule has 21 heavy (non-hydrogen) atoms. The monoisotopic (exact) mass is 292 g/mol. The highest BCUT2D eigenvalue weighted by molar-refractivity contribution is 5.68. The van der Waals surface area contributed by atoms with E-state index >= 15 is 0 Å². The third-order valence-electron chi connectivity index (χ3n) is 3.64. The number of aromatic nitrogens is 1. The normalized spacial score (nSPS) is 10.5. The van der Waals surface area contributed by atoms with Crippen LogP contribution in [0.4, 0.5) is 0 Å². The van der Waals surface area contributed by atoms with Crippen molar-refractivity contribution in [1.29, 1.82) is 0 Å². The van der Waals surface area contributed by atoms with Crippen molar-refractivity contribution in [2.75, 3.05) is 0 Å². The van der Waals surface area contributed by atoms with Gasteiger partial charge in [0.2, 0.25) is 0 Å². The average molecular weight is 292 g/mol. The van der Waals surface area contributed by atoms with Gasteiger partial charge in [0.1, 0.15) is 0 Å². The molecule has 0 N–H and O–H groups in total. The number of esters is 1. The molecule has 0 unspecified atom stereocenters. The first-order valence-corrected chi connectivity index (χ1v) is 8.42. The Bertz CT molecular complexity index is 365. The largest absolute Gasteiger partial charge is 0.405 e. The van der Waals surface area contributed by atoms with Crippen molar-refractivity contribution < 1.29 is 14.1 Å². The lowest BCUT2D eigenvalue weighted by atomic mass is 10.1. The molecule has 0 saturated carbocycles. The van der Waals surface area contributed by atoms with E-state index in [0.717, 1.165) is 12.8 Å². The van der Waals surface area contributed by atoms with Gasteiger partial charge < -0.3 is 4.74 Å². The Kier molecular flexibility index (Phi) is 10.4. The molecule has 0 radical (unpaired) electrons. The van der Waals surface area contributed by atoms with Gasteiger partial charge in [0.25, 0.3) is 6.73 Å². The van der Waals surface area contributed by atoms with Crippen molar-refractivity contribution in [3.63, 3.8) is 0 Å². The van der Waals surface area contributed by atoms with Crippen molar-refractivity contribution in [3.8, 4) is 0 Å². The molecule has 1 aromatic heterocycles. The highest BCUT2D eigenvalue weighted by Gasteiger charge is 2.05. The standard InChI is InChI=1S/C18H30NO2/c1-2-3-4-5-6-7-8-9-11-14-18(20)21-17-19-15-12-10-13-16-19/h10,12-13,15-16H,2-9,11,14,17H2,1H3/q+1. The molecule has 1 rings (SSSR count). The minimum Gasteiger partial charge on any atom is -0.405 e. The van der Waals surface area contributed by atoms with E-state index in [1.54, 1.807) is 0 Å². The first-order chi connectivity index (χ1) is 10.3. The molecule has 0 atom stereocenters. The number of nitrogens with zero attached hydrogens (tertiary/aromatic N) is 1. The molecule has 118 valence electrons. The lowest BCUT2D eigenvalue weighted by molar-refractivity contribution is -0.727. The number of hydrogen-bond donors (Lipinski definition) is 0. The predicted octanol–water partition coefficient (Wildman–Crippen LogP) is 4.40. The van der Waals surface area contributed by atoms with Gasteiger partial charge in [-0.05, 0) is 6.42 Å². The van der Waals surface area contributed by atoms with Crippen LogP contribution in [0.5, 0.6) is 0 Å². The topological polar surface area (TPSA) is 30.2 Å². The second-order valence-electron chi connectivity index (χ2n) is 5.61. The van der Waals surface area contributed by atoms with Gasteiger partial charge >= 0.3 is 5.97 Å². The number of unbranched alkanes of at least 4 members (excludes halogenated alkanes) is 8. The molecule has 0 spiro atoms. The number of rotatable bonds is 12. The fraction of sp³-hybridized carbons (Fsp3) is 0.667. The highest BCUT2D eigenvalue weighted by Crippen LogP contribution is 2.10. The number of carbonyl (C=O) groups is 1. The van der Waals surface area contributed by atoms with E-state index in [4.69, 9.17) is 4.74 Å². The maximum atomic E-state index is 11.6. The Hall–Kier alpha value is -1.38. The van der Waals surface area contributed by atoms with E-state index < -0.39 is 0 Å². The first-order valence-electron chi connectivity index (χ1n) is 8.42. The molecule has 0 aliphatic rings. The molecule has 0 aliphatic heterocycles. The number of hydrogen-bond acceptors (Lipinski definition) is 2. The zero-order valence-electron chi connectivity index (χ0n) is 13.4. The maximum Gasteiger partial charge on any atom is 0.310 e. The molecule has 0 amide bonds. The fourth-order valence-corrected chi connectivity index (χ4v) is 2.32. The molecule has 0 aromatic carbocycles. The lowest BCUT2D eigenvalue weighted by Crippen LogP contribution is -2.34. The molecular formula is C18H30NO2+. The van der Waals surface area contributed by atoms with Crippen LogP contribution < -0.4 is 4.57 Å². The van der Waals surface area contributed by atoms with Gasteiger partial charge in [-0.25, -0.2) is 0 Å². The van der Waals surface area contributed by atoms with Crippen LogP contribution in [-0.4, -0.2) is 5.97 Å². The lowest BCUT2D eigenvalue weighted by Gasteiger charge is -2.03. The van der Waals surface area contributed by atoms with E-state index in [1.165, 1.54) is 44.9 Å². The highest BCUT2D eigenvalue weighted by atomic mass is 16.5. The third-order valence-corrected chi connectivity index (χ3v) is 3.64. The molecule has 1 aromatic rings. The summed E-state index contributed by atoms with van der Waals surface area (Å²) in [5.74, 6) is -0.0886. The smallest absolute Gasteiger partial charge is 0.310 e. The predicted molar refractivity (Wildman–Crippen MR) is 84.6 cm³/mol. The first kappa shape index (κ1) is 17.7. The quantitative estimate of drug-likeness (QED) is 0.325. The van der Waals surface area contributed by atoms with Gasteiger partial charge in [0, 0.05) is 18.6 Å². The summed E-state index contributed by atoms with van der Waals surface area (Å²) in [6.45, 7) is 2.56. The van der Waals surface area contributed by atoms with E-state index in [2.05, 4.69) is 6.92 Å². The summed E-state index contributed by atoms with van der Waals surface area (Å²) in [5.41, 5.74) is 0. The van der Waals surface area contributed by atoms with E-state index in [-0.39, 0.29) is 5.97 Å². The van der Waals surface area contributed by atoms with Crippen LogP contribution in [0.2, 0.25) is 0 Å². The number of ether oxygens (including phenoxy) is 1. The van der Waals surface area contributed by atoms with Gasteiger partial charge in [0.15, 0.2) is 12.4 Å². The van der Waals surface area contributed by atoms with Gasteiger partial charge in [-0.3, -0.25) is 4.79 Å². The summed E-state index contributed by atoms with van der Waals surface area (Å²) in [7, 11) is 0. The van der Waals surface area contributed by atoms with Crippen molar-refractivity contribution in [1.82, 2.24) is 0 Å². The van der Waals surface area contributed by atoms with Crippen LogP contribution in [0.25, 0.3) is 0 Å². The third kappa shape index (κ3) is 10.1. The summed E-state index contributed by atoms with van der Waals surface area (Å²) in [6, 6.07) is 5.79. The van der Waals surface area contributed by atoms with Crippen molar-refractivity contribution in [2.45, 2.75) is 77.9 Å². The SMILES string of the molecule is CCCCCCCCCCCC(=O)OC[n+]1ccccc1. The molecule has 0 fully saturated rings. The molecule has 1 heterocycles. The van der Waals surface area contributed by atoms with Crippen LogP contribution in [0.3, 0.4) is 0 Å². The number of pyridine rings is 1. The zero-order valence-corrected chi connectivity index (χ0v) is 13.4. The van der Waals surface area contributed by atoms with E-state index in [9.17, 15) is 4.79 Å². The van der Waals surface area contributed by atoms with E-state index in [1.807, 2.05) is 35.2 Å². The minimum absolute atomic E-state index is 0.0886. The Morgan fingerprint density at radius 2 is 1.43 bits per heavy atom. The van der Waals surface area contributed by atoms with Gasteiger partial charge in [0.05, 0.1) is 0 Å². The molecular weight excluding hydrogens is 262 g/mol. The van der Waals surface area contributed by atoms with Crippen LogP contribution in [-0.2, 0) is 16.3 Å². The van der Waals surface area contributed by atoms with Crippen LogP contribution in [0.15, 0.2) is 30.6 Å². The molecule has 3 nitrogen and oxygen atoms in total. The molecule has 0 bridgehead atoms. The Labute approximate surface area is 129 Å². The van der Waals surface area contributed by atoms with Gasteiger partial charge in [-0.1, -0.05) is 64.4 Å². The summed E-state index contributed by atoms with van der Waals surface area (Å²) in [4.78, 5) is 11.6. The van der Waals surface area contributed by atoms with Gasteiger partial charge in [-0.15, -0.1) is 0 Å². The van der Waals surface area contributed by atoms with Crippen molar-refractivity contribution in [2.24, 2.45) is 0 Å². The summed E-state index contributed by atoms with van der Waals surface area (Å²) < 4.78 is 7.08. The van der Waals surface area contributed by atoms with E-state index in [0.29, 0.717) is 13.2 Å². The van der Waals surface area contributed by atoms with Crippen LogP contribution >= 0.6 is 0 Å². The molecule has 3 heteroatoms. The summed E-state index contributed by atoms with van der Waals surface area (Å²) in [5, 5.41) is 0. The summed E-state index contributed by atoms with van der Waals surface area (Å²) in [6.07, 6.45) is 15.7. The number of carbonyl (C=O) groups excluding carboxylic acids is 1. The second kappa shape index (κ2) is 12.4. The Morgan fingerprint density at radius 1 is 0.857 bits per heavy atom. The Balaban J connectivity index is 1.89. The van der Waals surface area contributed by atoms with Crippen LogP contribution in [0.1, 0.15) is 71.1 Å². The van der Waals surface area contributed by atoms with Crippen molar-refractivity contribution >= 4 is 5.97 Å². The molecule has 0 aliphatic carbocycles. The maximum absolute atomic E-state index is 11.6. The molecule has 0 saturated heterocycles. The minimum atomic E-state index is -0.0886. The average Bonchev–Trinajstić information content (AvgIpc) is 2.52. The van der Waals surface area contributed by atoms with Crippen molar-refractivity contribution in [3.05, 3.63) is 30.6 Å². The summed E-state index contributed by atoms with van der Waals surface area (Å²) >= 11 is 0. The zero-order chi connectivity index (χ0) is 15.2. The Morgan fingerprint density at radius 3 is 2.05 bits per heavy atom. The van der Waals surface area contributed by atoms with Crippen LogP contribution in [0, 0.1) is 0 Å². The second-order valence-corrected chi connectivity index (χ2v) is 5.61.